The number of benzene rings is 1. The topological polar surface area (TPSA) is 68.0 Å². The molecule has 2 aromatic heterocycles. The van der Waals surface area contributed by atoms with Crippen LogP contribution in [0.15, 0.2) is 30.6 Å². The van der Waals surface area contributed by atoms with Crippen LogP contribution < -0.4 is 0 Å². The molecular weight excluding hydrogens is 374 g/mol. The molecule has 30 heavy (non-hydrogen) atoms. The highest BCUT2D eigenvalue weighted by molar-refractivity contribution is 5.84. The molecule has 0 unspecified atom stereocenters. The SMILES string of the molecule is Cc1c(CN2CCC3(CC2)c2nc[nH]c2CCN3C(=O)C2CC2)[nH]c2ccccc12. The normalized spacial score (nSPS) is 21.3. The maximum absolute atomic E-state index is 13.2. The van der Waals surface area contributed by atoms with Gasteiger partial charge in [0.05, 0.1) is 17.6 Å². The molecule has 1 saturated heterocycles. The Hall–Kier alpha value is -2.60. The third-order valence-electron chi connectivity index (χ3n) is 7.59. The van der Waals surface area contributed by atoms with Crippen LogP contribution in [0.3, 0.4) is 0 Å². The van der Waals surface area contributed by atoms with Crippen LogP contribution in [0.4, 0.5) is 0 Å². The van der Waals surface area contributed by atoms with E-state index in [0.29, 0.717) is 5.91 Å². The van der Waals surface area contributed by atoms with Crippen molar-refractivity contribution in [1.82, 2.24) is 24.8 Å². The number of H-pyrrole nitrogens is 2. The van der Waals surface area contributed by atoms with Crippen molar-refractivity contribution in [3.05, 3.63) is 53.2 Å². The number of aromatic amines is 2. The summed E-state index contributed by atoms with van der Waals surface area (Å²) in [4.78, 5) is 29.6. The smallest absolute Gasteiger partial charge is 0.226 e. The van der Waals surface area contributed by atoms with Crippen LogP contribution in [0.25, 0.3) is 10.9 Å². The second-order valence-electron chi connectivity index (χ2n) is 9.33. The van der Waals surface area contributed by atoms with Crippen LogP contribution in [-0.4, -0.2) is 50.3 Å². The molecular formula is C24H29N5O. The highest BCUT2D eigenvalue weighted by Crippen LogP contribution is 2.45. The number of nitrogens with zero attached hydrogens (tertiary/aromatic N) is 3. The quantitative estimate of drug-likeness (QED) is 0.703. The van der Waals surface area contributed by atoms with E-state index in [0.717, 1.165) is 64.0 Å². The molecule has 1 saturated carbocycles. The van der Waals surface area contributed by atoms with Gasteiger partial charge in [-0.05, 0) is 44.2 Å². The van der Waals surface area contributed by atoms with Gasteiger partial charge in [-0.15, -0.1) is 0 Å². The summed E-state index contributed by atoms with van der Waals surface area (Å²) in [6.07, 6.45) is 6.76. The van der Waals surface area contributed by atoms with E-state index in [2.05, 4.69) is 51.0 Å². The Bertz CT molecular complexity index is 1100. The van der Waals surface area contributed by atoms with E-state index >= 15 is 0 Å². The maximum atomic E-state index is 13.2. The minimum absolute atomic E-state index is 0.223. The number of likely N-dealkylation sites (tertiary alicyclic amines) is 1. The van der Waals surface area contributed by atoms with Gasteiger partial charge >= 0.3 is 0 Å². The molecule has 6 heteroatoms. The predicted molar refractivity (Wildman–Crippen MR) is 116 cm³/mol. The van der Waals surface area contributed by atoms with E-state index in [9.17, 15) is 4.79 Å². The van der Waals surface area contributed by atoms with Crippen LogP contribution >= 0.6 is 0 Å². The molecule has 1 spiro atoms. The van der Waals surface area contributed by atoms with Crippen molar-refractivity contribution in [1.29, 1.82) is 0 Å². The predicted octanol–water partition coefficient (Wildman–Crippen LogP) is 3.49. The summed E-state index contributed by atoms with van der Waals surface area (Å²) in [6, 6.07) is 8.54. The Morgan fingerprint density at radius 3 is 2.77 bits per heavy atom. The molecule has 0 atom stereocenters. The van der Waals surface area contributed by atoms with Gasteiger partial charge in [0.25, 0.3) is 0 Å². The summed E-state index contributed by atoms with van der Waals surface area (Å²) in [5.74, 6) is 0.623. The lowest BCUT2D eigenvalue weighted by molar-refractivity contribution is -0.143. The number of fused-ring (bicyclic) bond motifs is 3. The monoisotopic (exact) mass is 403 g/mol. The van der Waals surface area contributed by atoms with E-state index in [1.54, 1.807) is 0 Å². The number of piperidine rings is 1. The molecule has 6 rings (SSSR count). The standard InChI is InChI=1S/C24H29N5O/c1-16-18-4-2-3-5-19(18)27-21(16)14-28-12-9-24(10-13-28)22-20(25-15-26-22)8-11-29(24)23(30)17-6-7-17/h2-5,15,17,27H,6-14H2,1H3,(H,25,26). The van der Waals surface area contributed by atoms with Gasteiger partial charge in [0.2, 0.25) is 5.91 Å². The van der Waals surface area contributed by atoms with Crippen LogP contribution in [0, 0.1) is 12.8 Å². The van der Waals surface area contributed by atoms with Crippen LogP contribution in [-0.2, 0) is 23.3 Å². The zero-order valence-corrected chi connectivity index (χ0v) is 17.6. The van der Waals surface area contributed by atoms with E-state index in [1.807, 2.05) is 6.33 Å². The number of nitrogens with one attached hydrogen (secondary N) is 2. The van der Waals surface area contributed by atoms with Crippen molar-refractivity contribution in [2.45, 2.75) is 51.1 Å². The lowest BCUT2D eigenvalue weighted by Crippen LogP contribution is -2.58. The highest BCUT2D eigenvalue weighted by atomic mass is 16.2. The summed E-state index contributed by atoms with van der Waals surface area (Å²) in [5, 5.41) is 1.32. The second-order valence-corrected chi connectivity index (χ2v) is 9.33. The maximum Gasteiger partial charge on any atom is 0.226 e. The van der Waals surface area contributed by atoms with Crippen LogP contribution in [0.1, 0.15) is 48.3 Å². The highest BCUT2D eigenvalue weighted by Gasteiger charge is 2.50. The first-order valence-electron chi connectivity index (χ1n) is 11.3. The van der Waals surface area contributed by atoms with Gasteiger partial charge in [-0.25, -0.2) is 4.98 Å². The lowest BCUT2D eigenvalue weighted by Gasteiger charge is -2.50. The third-order valence-corrected chi connectivity index (χ3v) is 7.59. The Kier molecular flexibility index (Phi) is 4.07. The van der Waals surface area contributed by atoms with Gasteiger partial charge in [0.1, 0.15) is 0 Å². The van der Waals surface area contributed by atoms with E-state index in [4.69, 9.17) is 4.98 Å². The largest absolute Gasteiger partial charge is 0.357 e. The first-order valence-corrected chi connectivity index (χ1v) is 11.3. The summed E-state index contributed by atoms with van der Waals surface area (Å²) in [6.45, 7) is 5.93. The zero-order valence-electron chi connectivity index (χ0n) is 17.6. The molecule has 2 N–H and O–H groups in total. The molecule has 6 nitrogen and oxygen atoms in total. The fraction of sp³-hybridized carbons (Fsp3) is 0.500. The summed E-state index contributed by atoms with van der Waals surface area (Å²) >= 11 is 0. The molecule has 1 amide bonds. The van der Waals surface area contributed by atoms with Crippen molar-refractivity contribution in [2.24, 2.45) is 5.92 Å². The van der Waals surface area contributed by atoms with Gasteiger partial charge in [-0.1, -0.05) is 18.2 Å². The summed E-state index contributed by atoms with van der Waals surface area (Å²) in [5.41, 5.74) is 6.01. The van der Waals surface area contributed by atoms with Crippen molar-refractivity contribution in [3.63, 3.8) is 0 Å². The number of rotatable bonds is 3. The molecule has 156 valence electrons. The number of aromatic nitrogens is 3. The summed E-state index contributed by atoms with van der Waals surface area (Å²) in [7, 11) is 0. The molecule has 4 heterocycles. The van der Waals surface area contributed by atoms with Gasteiger partial charge < -0.3 is 14.9 Å². The number of imidazole rings is 1. The van der Waals surface area contributed by atoms with Crippen molar-refractivity contribution in [3.8, 4) is 0 Å². The number of amides is 1. The van der Waals surface area contributed by atoms with Crippen LogP contribution in [0.2, 0.25) is 0 Å². The van der Waals surface area contributed by atoms with Gasteiger partial charge in [-0.2, -0.15) is 0 Å². The Balaban J connectivity index is 1.25. The Labute approximate surface area is 176 Å². The average molecular weight is 404 g/mol. The van der Waals surface area contributed by atoms with Gasteiger partial charge in [0, 0.05) is 60.8 Å². The number of hydrogen-bond donors (Lipinski definition) is 2. The van der Waals surface area contributed by atoms with E-state index < -0.39 is 0 Å². The summed E-state index contributed by atoms with van der Waals surface area (Å²) < 4.78 is 0. The molecule has 3 aliphatic rings. The van der Waals surface area contributed by atoms with Crippen molar-refractivity contribution < 1.29 is 4.79 Å². The molecule has 2 aliphatic heterocycles. The molecule has 1 aromatic carbocycles. The second kappa shape index (κ2) is 6.71. The number of carbonyl (C=O) groups is 1. The fourth-order valence-electron chi connectivity index (χ4n) is 5.66. The number of para-hydroxylation sites is 1. The van der Waals surface area contributed by atoms with Gasteiger partial charge in [0.15, 0.2) is 0 Å². The molecule has 0 bridgehead atoms. The number of hydrogen-bond acceptors (Lipinski definition) is 3. The first-order chi connectivity index (χ1) is 14.7. The Morgan fingerprint density at radius 1 is 1.20 bits per heavy atom. The molecule has 1 aliphatic carbocycles. The minimum atomic E-state index is -0.223. The fourth-order valence-corrected chi connectivity index (χ4v) is 5.66. The van der Waals surface area contributed by atoms with Crippen molar-refractivity contribution >= 4 is 16.8 Å². The lowest BCUT2D eigenvalue weighted by atomic mass is 9.78. The Morgan fingerprint density at radius 2 is 2.00 bits per heavy atom. The van der Waals surface area contributed by atoms with Crippen molar-refractivity contribution in [2.75, 3.05) is 19.6 Å². The van der Waals surface area contributed by atoms with Gasteiger partial charge in [-0.3, -0.25) is 9.69 Å². The molecule has 0 radical (unpaired) electrons. The third kappa shape index (κ3) is 2.73. The van der Waals surface area contributed by atoms with E-state index in [-0.39, 0.29) is 11.5 Å². The molecule has 2 fully saturated rings. The van der Waals surface area contributed by atoms with Crippen LogP contribution in [0.5, 0.6) is 0 Å². The average Bonchev–Trinajstić information content (AvgIpc) is 3.43. The molecule has 3 aromatic rings. The number of carbonyl (C=O) groups excluding carboxylic acids is 1. The minimum Gasteiger partial charge on any atom is -0.357 e. The first kappa shape index (κ1) is 18.2. The van der Waals surface area contributed by atoms with E-state index in [1.165, 1.54) is 27.9 Å². The zero-order chi connectivity index (χ0) is 20.3. The number of aryl methyl sites for hydroxylation is 1.